The first kappa shape index (κ1) is 20.5. The Hall–Kier alpha value is -2.41. The fraction of sp³-hybridized carbons (Fsp3) is 0.583. The summed E-state index contributed by atoms with van der Waals surface area (Å²) in [6.07, 6.45) is 7.00. The number of carbonyl (C=O) groups is 2. The molecule has 1 spiro atoms. The summed E-state index contributed by atoms with van der Waals surface area (Å²) >= 11 is 0. The third kappa shape index (κ3) is 3.73. The minimum absolute atomic E-state index is 0.0962. The monoisotopic (exact) mass is 426 g/mol. The van der Waals surface area contributed by atoms with E-state index in [1.807, 2.05) is 6.92 Å². The van der Waals surface area contributed by atoms with E-state index >= 15 is 0 Å². The van der Waals surface area contributed by atoms with Gasteiger partial charge in [0, 0.05) is 30.6 Å². The first-order chi connectivity index (χ1) is 14.9. The zero-order chi connectivity index (χ0) is 21.6. The summed E-state index contributed by atoms with van der Waals surface area (Å²) < 4.78 is 14.1. The Bertz CT molecular complexity index is 979. The molecule has 31 heavy (non-hydrogen) atoms. The molecule has 3 heterocycles. The largest absolute Gasteiger partial charge is 0.356 e. The first-order valence-electron chi connectivity index (χ1n) is 11.6. The molecule has 1 aromatic heterocycles. The molecule has 2 amide bonds. The van der Waals surface area contributed by atoms with Gasteiger partial charge in [0.05, 0.1) is 10.9 Å². The second-order valence-electron chi connectivity index (χ2n) is 9.69. The summed E-state index contributed by atoms with van der Waals surface area (Å²) in [5.74, 6) is -0.270. The third-order valence-electron chi connectivity index (χ3n) is 7.67. The highest BCUT2D eigenvalue weighted by atomic mass is 19.1. The lowest BCUT2D eigenvalue weighted by atomic mass is 9.77. The minimum atomic E-state index is -0.316. The molecular weight excluding hydrogens is 395 g/mol. The number of halogens is 1. The smallest absolute Gasteiger partial charge is 0.267 e. The van der Waals surface area contributed by atoms with Crippen molar-refractivity contribution in [1.82, 2.24) is 20.5 Å². The molecule has 5 rings (SSSR count). The Morgan fingerprint density at radius 3 is 2.90 bits per heavy atom. The molecule has 3 N–H and O–H groups in total. The van der Waals surface area contributed by atoms with E-state index in [-0.39, 0.29) is 29.1 Å². The Morgan fingerprint density at radius 1 is 1.26 bits per heavy atom. The molecular formula is C24H31FN4O2. The average Bonchev–Trinajstić information content (AvgIpc) is 3.37. The van der Waals surface area contributed by atoms with Gasteiger partial charge in [0.1, 0.15) is 11.5 Å². The molecule has 3 atom stereocenters. The number of likely N-dealkylation sites (tertiary alicyclic amines) is 1. The summed E-state index contributed by atoms with van der Waals surface area (Å²) in [5.41, 5.74) is 1.80. The van der Waals surface area contributed by atoms with E-state index in [1.165, 1.54) is 6.07 Å². The van der Waals surface area contributed by atoms with Crippen LogP contribution in [0.2, 0.25) is 0 Å². The Labute approximate surface area is 181 Å². The first-order valence-corrected chi connectivity index (χ1v) is 11.6. The van der Waals surface area contributed by atoms with Crippen LogP contribution >= 0.6 is 0 Å². The highest BCUT2D eigenvalue weighted by Crippen LogP contribution is 2.39. The van der Waals surface area contributed by atoms with E-state index in [2.05, 4.69) is 20.5 Å². The molecule has 7 heteroatoms. The van der Waals surface area contributed by atoms with E-state index in [9.17, 15) is 14.0 Å². The van der Waals surface area contributed by atoms with E-state index in [0.717, 1.165) is 70.1 Å². The number of fused-ring (bicyclic) bond motifs is 1. The lowest BCUT2D eigenvalue weighted by molar-refractivity contribution is -0.131. The van der Waals surface area contributed by atoms with Gasteiger partial charge in [-0.1, -0.05) is 6.07 Å². The van der Waals surface area contributed by atoms with Crippen molar-refractivity contribution in [2.24, 2.45) is 5.41 Å². The fourth-order valence-electron chi connectivity index (χ4n) is 5.92. The van der Waals surface area contributed by atoms with E-state index in [4.69, 9.17) is 0 Å². The number of aryl methyl sites for hydroxylation is 1. The predicted molar refractivity (Wildman–Crippen MR) is 117 cm³/mol. The standard InChI is InChI=1S/C24H31FN4O2/c1-15-6-7-19(25)18-13-20(28-21(15)18)22(30)27-16-4-2-5-17(12-16)29-11-3-8-24(14-29)9-10-26-23(24)31/h6-7,13,16-17,28H,2-5,8-12,14H2,1H3,(H,26,31)(H,27,30)/t16-,17+,24?/m1/s1. The van der Waals surface area contributed by atoms with Crippen molar-refractivity contribution < 1.29 is 14.0 Å². The van der Waals surface area contributed by atoms with Crippen LogP contribution in [0.3, 0.4) is 0 Å². The molecule has 3 fully saturated rings. The van der Waals surface area contributed by atoms with Gasteiger partial charge in [0.25, 0.3) is 5.91 Å². The molecule has 2 saturated heterocycles. The van der Waals surface area contributed by atoms with Crippen LogP contribution in [-0.4, -0.2) is 53.4 Å². The van der Waals surface area contributed by atoms with Crippen molar-refractivity contribution in [3.63, 3.8) is 0 Å². The zero-order valence-corrected chi connectivity index (χ0v) is 18.1. The van der Waals surface area contributed by atoms with Crippen LogP contribution in [0.5, 0.6) is 0 Å². The van der Waals surface area contributed by atoms with E-state index < -0.39 is 0 Å². The van der Waals surface area contributed by atoms with Crippen molar-refractivity contribution in [1.29, 1.82) is 0 Å². The molecule has 1 unspecified atom stereocenters. The number of carbonyl (C=O) groups excluding carboxylic acids is 2. The van der Waals surface area contributed by atoms with Crippen LogP contribution in [0.1, 0.15) is 61.0 Å². The maximum Gasteiger partial charge on any atom is 0.267 e. The Morgan fingerprint density at radius 2 is 2.13 bits per heavy atom. The van der Waals surface area contributed by atoms with Gasteiger partial charge in [-0.15, -0.1) is 0 Å². The quantitative estimate of drug-likeness (QED) is 0.705. The summed E-state index contributed by atoms with van der Waals surface area (Å²) in [6, 6.07) is 5.26. The molecule has 6 nitrogen and oxygen atoms in total. The molecule has 166 valence electrons. The van der Waals surface area contributed by atoms with E-state index in [0.29, 0.717) is 22.6 Å². The second kappa shape index (κ2) is 7.93. The SMILES string of the molecule is Cc1ccc(F)c2cc(C(=O)N[C@@H]3CCC[C@H](N4CCCC5(CCNC5=O)C4)C3)[nH]c12. The van der Waals surface area contributed by atoms with E-state index in [1.54, 1.807) is 12.1 Å². The van der Waals surface area contributed by atoms with Crippen molar-refractivity contribution in [3.8, 4) is 0 Å². The normalized spacial score (nSPS) is 29.4. The molecule has 3 aliphatic rings. The number of nitrogens with one attached hydrogen (secondary N) is 3. The number of hydrogen-bond donors (Lipinski definition) is 3. The maximum atomic E-state index is 14.1. The van der Waals surface area contributed by atoms with Crippen molar-refractivity contribution in [2.45, 2.75) is 64.0 Å². The number of H-pyrrole nitrogens is 1. The lowest BCUT2D eigenvalue weighted by Gasteiger charge is -2.45. The summed E-state index contributed by atoms with van der Waals surface area (Å²) in [6.45, 7) is 4.56. The maximum absolute atomic E-state index is 14.1. The summed E-state index contributed by atoms with van der Waals surface area (Å²) in [7, 11) is 0. The number of nitrogens with zero attached hydrogens (tertiary/aromatic N) is 1. The number of benzene rings is 1. The van der Waals surface area contributed by atoms with Gasteiger partial charge in [-0.2, -0.15) is 0 Å². The average molecular weight is 427 g/mol. The van der Waals surface area contributed by atoms with Gasteiger partial charge in [0.2, 0.25) is 5.91 Å². The number of aromatic amines is 1. The fourth-order valence-corrected chi connectivity index (χ4v) is 5.92. The molecule has 1 aliphatic carbocycles. The zero-order valence-electron chi connectivity index (χ0n) is 18.1. The van der Waals surface area contributed by atoms with Crippen molar-refractivity contribution in [2.75, 3.05) is 19.6 Å². The molecule has 2 aliphatic heterocycles. The van der Waals surface area contributed by atoms with Crippen LogP contribution in [-0.2, 0) is 4.79 Å². The van der Waals surface area contributed by atoms with Gasteiger partial charge in [-0.05, 0) is 76.1 Å². The highest BCUT2D eigenvalue weighted by Gasteiger charge is 2.46. The Balaban J connectivity index is 1.26. The van der Waals surface area contributed by atoms with Crippen molar-refractivity contribution >= 4 is 22.7 Å². The van der Waals surface area contributed by atoms with Crippen LogP contribution in [0.25, 0.3) is 10.9 Å². The molecule has 0 radical (unpaired) electrons. The third-order valence-corrected chi connectivity index (χ3v) is 7.67. The van der Waals surface area contributed by atoms with Gasteiger partial charge in [0.15, 0.2) is 0 Å². The second-order valence-corrected chi connectivity index (χ2v) is 9.69. The lowest BCUT2D eigenvalue weighted by Crippen LogP contribution is -2.53. The molecule has 0 bridgehead atoms. The molecule has 1 aromatic carbocycles. The minimum Gasteiger partial charge on any atom is -0.356 e. The summed E-state index contributed by atoms with van der Waals surface area (Å²) in [4.78, 5) is 30.9. The van der Waals surface area contributed by atoms with Gasteiger partial charge < -0.3 is 15.6 Å². The van der Waals surface area contributed by atoms with Gasteiger partial charge in [-0.25, -0.2) is 4.39 Å². The van der Waals surface area contributed by atoms with Crippen LogP contribution in [0.4, 0.5) is 4.39 Å². The van der Waals surface area contributed by atoms with Crippen LogP contribution in [0, 0.1) is 18.2 Å². The molecule has 2 aromatic rings. The van der Waals surface area contributed by atoms with Crippen LogP contribution < -0.4 is 10.6 Å². The van der Waals surface area contributed by atoms with Gasteiger partial charge >= 0.3 is 0 Å². The van der Waals surface area contributed by atoms with Crippen LogP contribution in [0.15, 0.2) is 18.2 Å². The Kier molecular flexibility index (Phi) is 5.24. The predicted octanol–water partition coefficient (Wildman–Crippen LogP) is 3.26. The molecule has 1 saturated carbocycles. The number of amides is 2. The number of rotatable bonds is 3. The van der Waals surface area contributed by atoms with Gasteiger partial charge in [-0.3, -0.25) is 14.5 Å². The number of hydrogen-bond acceptors (Lipinski definition) is 3. The number of piperidine rings is 1. The highest BCUT2D eigenvalue weighted by molar-refractivity contribution is 5.99. The topological polar surface area (TPSA) is 77.2 Å². The van der Waals surface area contributed by atoms with Crippen molar-refractivity contribution in [3.05, 3.63) is 35.3 Å². The number of aromatic nitrogens is 1. The summed E-state index contributed by atoms with van der Waals surface area (Å²) in [5, 5.41) is 6.66.